The Bertz CT molecular complexity index is 631. The summed E-state index contributed by atoms with van der Waals surface area (Å²) in [6.07, 6.45) is -0.291. The highest BCUT2D eigenvalue weighted by Crippen LogP contribution is 2.13. The Morgan fingerprint density at radius 3 is 2.59 bits per heavy atom. The first-order valence-corrected chi connectivity index (χ1v) is 5.32. The highest BCUT2D eigenvalue weighted by molar-refractivity contribution is 5.86. The number of carboxylic acids is 1. The van der Waals surface area contributed by atoms with E-state index in [1.54, 1.807) is 31.2 Å². The van der Waals surface area contributed by atoms with Gasteiger partial charge in [0.05, 0.1) is 11.1 Å². The SMILES string of the molecule is CCn1nc(CC(=O)[O-])c2ccccc2c1=O. The van der Waals surface area contributed by atoms with Crippen molar-refractivity contribution < 1.29 is 9.90 Å². The van der Waals surface area contributed by atoms with E-state index in [4.69, 9.17) is 0 Å². The molecule has 1 aromatic carbocycles. The van der Waals surface area contributed by atoms with E-state index >= 15 is 0 Å². The van der Waals surface area contributed by atoms with Crippen LogP contribution >= 0.6 is 0 Å². The number of aromatic nitrogens is 2. The number of aliphatic carboxylic acids is 1. The summed E-state index contributed by atoms with van der Waals surface area (Å²) < 4.78 is 1.26. The number of aryl methyl sites for hydroxylation is 1. The predicted molar refractivity (Wildman–Crippen MR) is 60.4 cm³/mol. The summed E-state index contributed by atoms with van der Waals surface area (Å²) in [6.45, 7) is 2.19. The maximum atomic E-state index is 11.9. The minimum absolute atomic E-state index is 0.204. The van der Waals surface area contributed by atoms with Gasteiger partial charge >= 0.3 is 0 Å². The summed E-state index contributed by atoms with van der Waals surface area (Å²) in [5.41, 5.74) is 0.159. The minimum atomic E-state index is -1.20. The molecule has 0 atom stereocenters. The number of benzene rings is 1. The number of carbonyl (C=O) groups is 1. The van der Waals surface area contributed by atoms with Crippen LogP contribution in [0.25, 0.3) is 10.8 Å². The third-order valence-corrected chi connectivity index (χ3v) is 2.56. The van der Waals surface area contributed by atoms with Gasteiger partial charge in [-0.25, -0.2) is 4.68 Å². The van der Waals surface area contributed by atoms with E-state index in [0.29, 0.717) is 23.0 Å². The van der Waals surface area contributed by atoms with Crippen LogP contribution in [-0.2, 0) is 17.8 Å². The summed E-state index contributed by atoms with van der Waals surface area (Å²) in [5, 5.41) is 15.8. The predicted octanol–water partition coefficient (Wildman–Crippen LogP) is -0.291. The topological polar surface area (TPSA) is 75.0 Å². The molecule has 0 N–H and O–H groups in total. The molecule has 2 aromatic rings. The van der Waals surface area contributed by atoms with Gasteiger partial charge in [0.2, 0.25) is 0 Å². The maximum Gasteiger partial charge on any atom is 0.274 e. The fraction of sp³-hybridized carbons (Fsp3) is 0.250. The van der Waals surface area contributed by atoms with Crippen LogP contribution in [0.15, 0.2) is 29.1 Å². The number of carbonyl (C=O) groups excluding carboxylic acids is 1. The summed E-state index contributed by atoms with van der Waals surface area (Å²) in [6, 6.07) is 6.86. The van der Waals surface area contributed by atoms with Gasteiger partial charge in [0.1, 0.15) is 0 Å². The van der Waals surface area contributed by atoms with E-state index in [1.807, 2.05) is 0 Å². The maximum absolute atomic E-state index is 11.9. The van der Waals surface area contributed by atoms with Crippen LogP contribution in [0.1, 0.15) is 12.6 Å². The van der Waals surface area contributed by atoms with Crippen LogP contribution in [-0.4, -0.2) is 15.7 Å². The lowest BCUT2D eigenvalue weighted by Crippen LogP contribution is -2.28. The molecule has 0 amide bonds. The van der Waals surface area contributed by atoms with Crippen LogP contribution in [0.3, 0.4) is 0 Å². The molecule has 0 unspecified atom stereocenters. The lowest BCUT2D eigenvalue weighted by atomic mass is 10.1. The van der Waals surface area contributed by atoms with Gasteiger partial charge < -0.3 is 9.90 Å². The van der Waals surface area contributed by atoms with Gasteiger partial charge in [-0.2, -0.15) is 5.10 Å². The van der Waals surface area contributed by atoms with E-state index < -0.39 is 5.97 Å². The Balaban J connectivity index is 2.78. The molecule has 0 aliphatic carbocycles. The molecule has 0 saturated heterocycles. The number of nitrogens with zero attached hydrogens (tertiary/aromatic N) is 2. The molecule has 1 aromatic heterocycles. The number of fused-ring (bicyclic) bond motifs is 1. The fourth-order valence-corrected chi connectivity index (χ4v) is 1.79. The summed E-state index contributed by atoms with van der Waals surface area (Å²) in [5.74, 6) is -1.20. The van der Waals surface area contributed by atoms with Crippen molar-refractivity contribution in [2.75, 3.05) is 0 Å². The Morgan fingerprint density at radius 1 is 1.35 bits per heavy atom. The Morgan fingerprint density at radius 2 is 2.00 bits per heavy atom. The number of rotatable bonds is 3. The van der Waals surface area contributed by atoms with E-state index in [0.717, 1.165) is 0 Å². The lowest BCUT2D eigenvalue weighted by Gasteiger charge is -2.09. The standard InChI is InChI=1S/C12H12N2O3/c1-2-14-12(17)9-6-4-3-5-8(9)10(13-14)7-11(15)16/h3-6H,2,7H2,1H3,(H,15,16)/p-1. The van der Waals surface area contributed by atoms with E-state index in [2.05, 4.69) is 5.10 Å². The van der Waals surface area contributed by atoms with E-state index in [1.165, 1.54) is 4.68 Å². The zero-order chi connectivity index (χ0) is 12.4. The molecule has 88 valence electrons. The van der Waals surface area contributed by atoms with Gasteiger partial charge in [0.25, 0.3) is 5.56 Å². The third-order valence-electron chi connectivity index (χ3n) is 2.56. The first-order chi connectivity index (χ1) is 8.13. The normalized spacial score (nSPS) is 10.6. The summed E-state index contributed by atoms with van der Waals surface area (Å²) in [7, 11) is 0. The van der Waals surface area contributed by atoms with Gasteiger partial charge in [-0.05, 0) is 13.0 Å². The molecule has 0 aliphatic heterocycles. The fourth-order valence-electron chi connectivity index (χ4n) is 1.79. The van der Waals surface area contributed by atoms with Gasteiger partial charge in [0, 0.05) is 24.3 Å². The average Bonchev–Trinajstić information content (AvgIpc) is 2.32. The second-order valence-corrected chi connectivity index (χ2v) is 3.66. The van der Waals surface area contributed by atoms with Crippen molar-refractivity contribution in [2.45, 2.75) is 19.9 Å². The molecule has 0 spiro atoms. The summed E-state index contributed by atoms with van der Waals surface area (Å²) in [4.78, 5) is 22.6. The monoisotopic (exact) mass is 231 g/mol. The molecule has 5 nitrogen and oxygen atoms in total. The molecule has 0 fully saturated rings. The Hall–Kier alpha value is -2.17. The second-order valence-electron chi connectivity index (χ2n) is 3.66. The highest BCUT2D eigenvalue weighted by Gasteiger charge is 2.09. The zero-order valence-corrected chi connectivity index (χ0v) is 9.34. The number of hydrogen-bond acceptors (Lipinski definition) is 4. The van der Waals surface area contributed by atoms with Crippen molar-refractivity contribution in [3.05, 3.63) is 40.3 Å². The molecule has 0 aliphatic rings. The smallest absolute Gasteiger partial charge is 0.274 e. The molecule has 1 heterocycles. The molecule has 0 bridgehead atoms. The van der Waals surface area contributed by atoms with Crippen molar-refractivity contribution in [2.24, 2.45) is 0 Å². The van der Waals surface area contributed by atoms with Crippen LogP contribution in [0.4, 0.5) is 0 Å². The van der Waals surface area contributed by atoms with Crippen LogP contribution in [0.5, 0.6) is 0 Å². The van der Waals surface area contributed by atoms with E-state index in [-0.39, 0.29) is 12.0 Å². The first kappa shape index (κ1) is 11.3. The first-order valence-electron chi connectivity index (χ1n) is 5.32. The quantitative estimate of drug-likeness (QED) is 0.727. The minimum Gasteiger partial charge on any atom is -0.550 e. The Kier molecular flexibility index (Phi) is 2.91. The van der Waals surface area contributed by atoms with Gasteiger partial charge in [-0.1, -0.05) is 18.2 Å². The van der Waals surface area contributed by atoms with Crippen molar-refractivity contribution in [1.82, 2.24) is 9.78 Å². The summed E-state index contributed by atoms with van der Waals surface area (Å²) >= 11 is 0. The Labute approximate surface area is 97.3 Å². The van der Waals surface area contributed by atoms with Crippen LogP contribution in [0, 0.1) is 0 Å². The highest BCUT2D eigenvalue weighted by atomic mass is 16.4. The molecular weight excluding hydrogens is 220 g/mol. The van der Waals surface area contributed by atoms with Crippen molar-refractivity contribution >= 4 is 16.7 Å². The molecule has 2 rings (SSSR count). The number of carboxylic acid groups (broad SMARTS) is 1. The molecule has 0 saturated carbocycles. The molecule has 0 radical (unpaired) electrons. The number of hydrogen-bond donors (Lipinski definition) is 0. The van der Waals surface area contributed by atoms with Crippen molar-refractivity contribution in [3.63, 3.8) is 0 Å². The third kappa shape index (κ3) is 2.04. The second kappa shape index (κ2) is 4.37. The van der Waals surface area contributed by atoms with Crippen molar-refractivity contribution in [1.29, 1.82) is 0 Å². The average molecular weight is 231 g/mol. The molecular formula is C12H11N2O3-. The van der Waals surface area contributed by atoms with Gasteiger partial charge in [-0.3, -0.25) is 4.79 Å². The van der Waals surface area contributed by atoms with Crippen LogP contribution < -0.4 is 10.7 Å². The van der Waals surface area contributed by atoms with Gasteiger partial charge in [0.15, 0.2) is 0 Å². The van der Waals surface area contributed by atoms with E-state index in [9.17, 15) is 14.7 Å². The molecule has 17 heavy (non-hydrogen) atoms. The largest absolute Gasteiger partial charge is 0.550 e. The lowest BCUT2D eigenvalue weighted by molar-refractivity contribution is -0.304. The molecule has 5 heteroatoms. The van der Waals surface area contributed by atoms with Crippen LogP contribution in [0.2, 0.25) is 0 Å². The van der Waals surface area contributed by atoms with Crippen molar-refractivity contribution in [3.8, 4) is 0 Å². The van der Waals surface area contributed by atoms with Gasteiger partial charge in [-0.15, -0.1) is 0 Å². The zero-order valence-electron chi connectivity index (χ0n) is 9.34.